The maximum Gasteiger partial charge on any atom is 0.188 e. The van der Waals surface area contributed by atoms with Crippen LogP contribution in [0.1, 0.15) is 5.69 Å². The first kappa shape index (κ1) is 12.3. The van der Waals surface area contributed by atoms with Crippen LogP contribution in [0.5, 0.6) is 0 Å². The number of rotatable bonds is 2. The predicted octanol–water partition coefficient (Wildman–Crippen LogP) is 0.677. The van der Waals surface area contributed by atoms with Gasteiger partial charge in [0, 0.05) is 26.0 Å². The molecule has 0 aliphatic rings. The van der Waals surface area contributed by atoms with Gasteiger partial charge in [0.2, 0.25) is 0 Å². The Balaban J connectivity index is 0.00000144. The van der Waals surface area contributed by atoms with Crippen molar-refractivity contribution in [2.75, 3.05) is 7.05 Å². The van der Waals surface area contributed by atoms with Crippen molar-refractivity contribution in [2.45, 2.75) is 6.54 Å². The normalized spacial score (nSPS) is 10.8. The number of nitrogens with zero attached hydrogens (tertiary/aromatic N) is 2. The van der Waals surface area contributed by atoms with E-state index in [1.165, 1.54) is 5.69 Å². The molecule has 0 saturated heterocycles. The second kappa shape index (κ2) is 5.85. The van der Waals surface area contributed by atoms with E-state index in [-0.39, 0.29) is 24.0 Å². The van der Waals surface area contributed by atoms with E-state index in [4.69, 9.17) is 5.73 Å². The molecule has 1 rings (SSSR count). The third kappa shape index (κ3) is 3.67. The molecule has 4 nitrogen and oxygen atoms in total. The van der Waals surface area contributed by atoms with Gasteiger partial charge in [0.15, 0.2) is 5.96 Å². The molecule has 0 unspecified atom stereocenters. The molecule has 0 aromatic carbocycles. The molecular weight excluding hydrogens is 279 g/mol. The summed E-state index contributed by atoms with van der Waals surface area (Å²) in [5.41, 5.74) is 6.65. The Morgan fingerprint density at radius 3 is 2.85 bits per heavy atom. The zero-order chi connectivity index (χ0) is 8.97. The summed E-state index contributed by atoms with van der Waals surface area (Å²) in [7, 11) is 3.66. The van der Waals surface area contributed by atoms with Crippen LogP contribution in [0.25, 0.3) is 0 Å². The van der Waals surface area contributed by atoms with Gasteiger partial charge in [-0.15, -0.1) is 24.0 Å². The van der Waals surface area contributed by atoms with Gasteiger partial charge >= 0.3 is 0 Å². The summed E-state index contributed by atoms with van der Waals surface area (Å²) in [5.74, 6) is 0.469. The lowest BCUT2D eigenvalue weighted by molar-refractivity contribution is 0.776. The van der Waals surface area contributed by atoms with E-state index >= 15 is 0 Å². The number of nitrogens with two attached hydrogens (primary N) is 1. The molecule has 0 aliphatic heterocycles. The van der Waals surface area contributed by atoms with Gasteiger partial charge in [-0.2, -0.15) is 0 Å². The van der Waals surface area contributed by atoms with Crippen LogP contribution in [0.15, 0.2) is 23.3 Å². The highest BCUT2D eigenvalue weighted by molar-refractivity contribution is 14.0. The van der Waals surface area contributed by atoms with Crippen LogP contribution in [-0.4, -0.2) is 17.6 Å². The van der Waals surface area contributed by atoms with Gasteiger partial charge in [0.05, 0.1) is 6.54 Å². The van der Waals surface area contributed by atoms with Crippen molar-refractivity contribution >= 4 is 29.9 Å². The molecule has 74 valence electrons. The van der Waals surface area contributed by atoms with E-state index in [1.807, 2.05) is 29.9 Å². The van der Waals surface area contributed by atoms with Crippen LogP contribution >= 0.6 is 24.0 Å². The van der Waals surface area contributed by atoms with Crippen molar-refractivity contribution in [1.29, 1.82) is 0 Å². The summed E-state index contributed by atoms with van der Waals surface area (Å²) in [6.07, 6.45) is 2.00. The molecule has 0 amide bonds. The molecule has 5 heteroatoms. The lowest BCUT2D eigenvalue weighted by Crippen LogP contribution is -2.31. The standard InChI is InChI=1S/C8H14N4.HI/c1-10-8(9)11-6-7-4-3-5-12(7)2;/h3-5H,6H2,1-2H3,(H3,9,10,11);1H. The van der Waals surface area contributed by atoms with E-state index in [2.05, 4.69) is 10.3 Å². The third-order valence-electron chi connectivity index (χ3n) is 1.74. The van der Waals surface area contributed by atoms with Crippen LogP contribution in [0.4, 0.5) is 0 Å². The summed E-state index contributed by atoms with van der Waals surface area (Å²) in [6, 6.07) is 4.03. The number of hydrogen-bond donors (Lipinski definition) is 2. The van der Waals surface area contributed by atoms with Crippen molar-refractivity contribution in [2.24, 2.45) is 17.8 Å². The van der Waals surface area contributed by atoms with Gasteiger partial charge in [-0.05, 0) is 12.1 Å². The van der Waals surface area contributed by atoms with E-state index in [0.29, 0.717) is 12.5 Å². The zero-order valence-electron chi connectivity index (χ0n) is 7.82. The second-order valence-corrected chi connectivity index (χ2v) is 2.57. The Bertz CT molecular complexity index is 279. The van der Waals surface area contributed by atoms with Gasteiger partial charge < -0.3 is 15.6 Å². The van der Waals surface area contributed by atoms with Gasteiger partial charge in [0.1, 0.15) is 0 Å². The molecule has 0 saturated carbocycles. The van der Waals surface area contributed by atoms with E-state index in [1.54, 1.807) is 7.05 Å². The molecule has 0 fully saturated rings. The van der Waals surface area contributed by atoms with Crippen LogP contribution < -0.4 is 11.1 Å². The molecule has 1 heterocycles. The molecule has 0 bridgehead atoms. The fourth-order valence-corrected chi connectivity index (χ4v) is 0.940. The van der Waals surface area contributed by atoms with Gasteiger partial charge in [-0.25, -0.2) is 0 Å². The highest BCUT2D eigenvalue weighted by atomic mass is 127. The van der Waals surface area contributed by atoms with Crippen LogP contribution in [-0.2, 0) is 13.6 Å². The number of nitrogens with one attached hydrogen (secondary N) is 1. The van der Waals surface area contributed by atoms with Gasteiger partial charge in [-0.1, -0.05) is 0 Å². The van der Waals surface area contributed by atoms with Gasteiger partial charge in [0.25, 0.3) is 0 Å². The molecular formula is C8H15IN4. The van der Waals surface area contributed by atoms with E-state index in [9.17, 15) is 0 Å². The highest BCUT2D eigenvalue weighted by Gasteiger charge is 1.95. The number of aryl methyl sites for hydroxylation is 1. The van der Waals surface area contributed by atoms with Crippen molar-refractivity contribution in [3.8, 4) is 0 Å². The highest BCUT2D eigenvalue weighted by Crippen LogP contribution is 1.97. The van der Waals surface area contributed by atoms with E-state index < -0.39 is 0 Å². The maximum absolute atomic E-state index is 5.47. The SMILES string of the molecule is CN=C(N)NCc1cccn1C.I. The first-order valence-electron chi connectivity index (χ1n) is 3.80. The molecule has 0 atom stereocenters. The monoisotopic (exact) mass is 294 g/mol. The van der Waals surface area contributed by atoms with Gasteiger partial charge in [-0.3, -0.25) is 4.99 Å². The summed E-state index contributed by atoms with van der Waals surface area (Å²) in [6.45, 7) is 0.715. The van der Waals surface area contributed by atoms with Crippen LogP contribution in [0.3, 0.4) is 0 Å². The Morgan fingerprint density at radius 2 is 2.38 bits per heavy atom. The molecule has 1 aromatic heterocycles. The lowest BCUT2D eigenvalue weighted by atomic mass is 10.4. The molecule has 3 N–H and O–H groups in total. The Kier molecular flexibility index (Phi) is 5.52. The number of hydrogen-bond acceptors (Lipinski definition) is 1. The van der Waals surface area contributed by atoms with Crippen molar-refractivity contribution in [3.05, 3.63) is 24.0 Å². The number of guanidine groups is 1. The topological polar surface area (TPSA) is 55.3 Å². The summed E-state index contributed by atoms with van der Waals surface area (Å²) >= 11 is 0. The maximum atomic E-state index is 5.47. The third-order valence-corrected chi connectivity index (χ3v) is 1.74. The second-order valence-electron chi connectivity index (χ2n) is 2.57. The van der Waals surface area contributed by atoms with Crippen molar-refractivity contribution < 1.29 is 0 Å². The number of aliphatic imine (C=N–C) groups is 1. The number of aromatic nitrogens is 1. The Morgan fingerprint density at radius 1 is 1.69 bits per heavy atom. The minimum absolute atomic E-state index is 0. The lowest BCUT2D eigenvalue weighted by Gasteiger charge is -2.05. The van der Waals surface area contributed by atoms with Crippen LogP contribution in [0.2, 0.25) is 0 Å². The summed E-state index contributed by atoms with van der Waals surface area (Å²) < 4.78 is 2.04. The summed E-state index contributed by atoms with van der Waals surface area (Å²) in [4.78, 5) is 3.79. The van der Waals surface area contributed by atoms with Crippen molar-refractivity contribution in [1.82, 2.24) is 9.88 Å². The van der Waals surface area contributed by atoms with Crippen molar-refractivity contribution in [3.63, 3.8) is 0 Å². The average molecular weight is 294 g/mol. The predicted molar refractivity (Wildman–Crippen MR) is 65.2 cm³/mol. The first-order valence-corrected chi connectivity index (χ1v) is 3.80. The van der Waals surface area contributed by atoms with Crippen LogP contribution in [0, 0.1) is 0 Å². The largest absolute Gasteiger partial charge is 0.370 e. The molecule has 1 aromatic rings. The average Bonchev–Trinajstić information content (AvgIpc) is 2.47. The smallest absolute Gasteiger partial charge is 0.188 e. The fraction of sp³-hybridized carbons (Fsp3) is 0.375. The molecule has 13 heavy (non-hydrogen) atoms. The molecule has 0 radical (unpaired) electrons. The minimum Gasteiger partial charge on any atom is -0.370 e. The summed E-state index contributed by atoms with van der Waals surface area (Å²) in [5, 5.41) is 2.98. The Hall–Kier alpha value is -0.720. The number of halogens is 1. The minimum atomic E-state index is 0. The fourth-order valence-electron chi connectivity index (χ4n) is 0.940. The molecule has 0 aliphatic carbocycles. The quantitative estimate of drug-likeness (QED) is 0.479. The first-order chi connectivity index (χ1) is 5.74. The Labute approximate surface area is 95.2 Å². The van der Waals surface area contributed by atoms with E-state index in [0.717, 1.165) is 0 Å². The molecule has 0 spiro atoms. The zero-order valence-corrected chi connectivity index (χ0v) is 10.1.